The van der Waals surface area contributed by atoms with Crippen molar-refractivity contribution in [2.75, 3.05) is 0 Å². The van der Waals surface area contributed by atoms with Crippen LogP contribution in [0.4, 0.5) is 0 Å². The van der Waals surface area contributed by atoms with Crippen LogP contribution in [0.5, 0.6) is 0 Å². The maximum atomic E-state index is 10.6. The van der Waals surface area contributed by atoms with Crippen LogP contribution in [0.15, 0.2) is 0 Å². The second kappa shape index (κ2) is 3.18. The van der Waals surface area contributed by atoms with Crippen LogP contribution in [0.25, 0.3) is 0 Å². The molecule has 0 aliphatic carbocycles. The maximum absolute atomic E-state index is 10.6. The Kier molecular flexibility index (Phi) is 2.41. The monoisotopic (exact) mass is 176 g/mol. The summed E-state index contributed by atoms with van der Waals surface area (Å²) < 4.78 is 4.32. The molecule has 0 aromatic carbocycles. The summed E-state index contributed by atoms with van der Waals surface area (Å²) in [6.45, 7) is 0. The molecule has 2 unspecified atom stereocenters. The van der Waals surface area contributed by atoms with Crippen molar-refractivity contribution in [3.8, 4) is 0 Å². The minimum Gasteiger partial charge on any atom is -0.454 e. The van der Waals surface area contributed by atoms with Gasteiger partial charge < -0.3 is 24.9 Å². The lowest BCUT2D eigenvalue weighted by Gasteiger charge is -2.14. The zero-order valence-corrected chi connectivity index (χ0v) is 5.95. The van der Waals surface area contributed by atoms with E-state index >= 15 is 0 Å². The van der Waals surface area contributed by atoms with Crippen molar-refractivity contribution in [2.45, 2.75) is 24.4 Å². The molecule has 0 radical (unpaired) electrons. The fourth-order valence-electron chi connectivity index (χ4n) is 0.942. The first-order chi connectivity index (χ1) is 5.57. The highest BCUT2D eigenvalue weighted by molar-refractivity contribution is 5.78. The Labute approximate surface area is 67.4 Å². The van der Waals surface area contributed by atoms with Crippen LogP contribution in [0, 0.1) is 0 Å². The Hall–Kier alpha value is -0.980. The first-order valence-electron chi connectivity index (χ1n) is 3.28. The fraction of sp³-hybridized carbons (Fsp3) is 0.667. The summed E-state index contributed by atoms with van der Waals surface area (Å²) >= 11 is 0. The van der Waals surface area contributed by atoms with Crippen molar-refractivity contribution >= 4 is 12.3 Å². The molecule has 0 aromatic heterocycles. The van der Waals surface area contributed by atoms with Gasteiger partial charge in [-0.25, -0.2) is 4.79 Å². The Morgan fingerprint density at radius 3 is 2.42 bits per heavy atom. The van der Waals surface area contributed by atoms with Crippen LogP contribution in [0.2, 0.25) is 0 Å². The third kappa shape index (κ3) is 1.31. The normalized spacial score (nSPS) is 37.6. The number of hydrogen-bond donors (Lipinski definition) is 3. The van der Waals surface area contributed by atoms with E-state index in [1.165, 1.54) is 0 Å². The predicted molar refractivity (Wildman–Crippen MR) is 34.0 cm³/mol. The Balaban J connectivity index is 2.70. The van der Waals surface area contributed by atoms with Gasteiger partial charge in [0, 0.05) is 0 Å². The molecule has 68 valence electrons. The van der Waals surface area contributed by atoms with E-state index in [1.807, 2.05) is 0 Å². The average molecular weight is 176 g/mol. The molecule has 1 heterocycles. The summed E-state index contributed by atoms with van der Waals surface area (Å²) in [5, 5.41) is 26.7. The molecule has 6 nitrogen and oxygen atoms in total. The highest BCUT2D eigenvalue weighted by Gasteiger charge is 2.46. The number of aliphatic hydroxyl groups is 3. The van der Waals surface area contributed by atoms with Gasteiger partial charge in [0.1, 0.15) is 12.2 Å². The van der Waals surface area contributed by atoms with Gasteiger partial charge in [0.2, 0.25) is 0 Å². The zero-order chi connectivity index (χ0) is 9.30. The molecular weight excluding hydrogens is 168 g/mol. The van der Waals surface area contributed by atoms with Crippen LogP contribution < -0.4 is 0 Å². The highest BCUT2D eigenvalue weighted by Crippen LogP contribution is 2.17. The summed E-state index contributed by atoms with van der Waals surface area (Å²) in [5.41, 5.74) is 0. The van der Waals surface area contributed by atoms with Gasteiger partial charge in [-0.3, -0.25) is 0 Å². The lowest BCUT2D eigenvalue weighted by atomic mass is 10.1. The molecule has 3 N–H and O–H groups in total. The van der Waals surface area contributed by atoms with E-state index in [-0.39, 0.29) is 6.29 Å². The lowest BCUT2D eigenvalue weighted by molar-refractivity contribution is -0.151. The molecule has 0 saturated carbocycles. The highest BCUT2D eigenvalue weighted by atomic mass is 16.6. The van der Waals surface area contributed by atoms with E-state index in [2.05, 4.69) is 4.74 Å². The third-order valence-electron chi connectivity index (χ3n) is 1.63. The van der Waals surface area contributed by atoms with Gasteiger partial charge in [0.05, 0.1) is 0 Å². The van der Waals surface area contributed by atoms with Crippen LogP contribution in [0.1, 0.15) is 0 Å². The zero-order valence-electron chi connectivity index (χ0n) is 5.95. The fourth-order valence-corrected chi connectivity index (χ4v) is 0.942. The van der Waals surface area contributed by atoms with Gasteiger partial charge in [-0.2, -0.15) is 0 Å². The Morgan fingerprint density at radius 2 is 2.08 bits per heavy atom. The van der Waals surface area contributed by atoms with Crippen molar-refractivity contribution < 1.29 is 29.6 Å². The number of carbonyl (C=O) groups is 2. The van der Waals surface area contributed by atoms with Crippen LogP contribution in [-0.2, 0) is 14.3 Å². The number of hydrogen-bond acceptors (Lipinski definition) is 6. The van der Waals surface area contributed by atoms with Crippen LogP contribution >= 0.6 is 0 Å². The van der Waals surface area contributed by atoms with Gasteiger partial charge in [0.25, 0.3) is 0 Å². The molecule has 1 aliphatic rings. The van der Waals surface area contributed by atoms with Crippen LogP contribution in [-0.4, -0.2) is 52.0 Å². The first kappa shape index (κ1) is 9.11. The number of rotatable bonds is 2. The lowest BCUT2D eigenvalue weighted by Crippen LogP contribution is -2.39. The van der Waals surface area contributed by atoms with Gasteiger partial charge >= 0.3 is 5.97 Å². The van der Waals surface area contributed by atoms with E-state index in [4.69, 9.17) is 15.3 Å². The summed E-state index contributed by atoms with van der Waals surface area (Å²) in [6, 6.07) is 0. The van der Waals surface area contributed by atoms with Crippen molar-refractivity contribution in [3.63, 3.8) is 0 Å². The Bertz CT molecular complexity index is 202. The van der Waals surface area contributed by atoms with Gasteiger partial charge in [-0.1, -0.05) is 0 Å². The van der Waals surface area contributed by atoms with Gasteiger partial charge in [-0.15, -0.1) is 0 Å². The standard InChI is InChI=1S/C6H8O6/c7-1-2(8)5-3(9)4(10)6(11)12-5/h1-5,8-10H/t2?,3-,4-,5?/m0/s1. The second-order valence-corrected chi connectivity index (χ2v) is 2.46. The Morgan fingerprint density at radius 1 is 1.50 bits per heavy atom. The minimum absolute atomic E-state index is 0.124. The van der Waals surface area contributed by atoms with E-state index in [1.54, 1.807) is 0 Å². The molecule has 0 amide bonds. The maximum Gasteiger partial charge on any atom is 0.338 e. The molecule has 1 saturated heterocycles. The number of ether oxygens (including phenoxy) is 1. The first-order valence-corrected chi connectivity index (χ1v) is 3.28. The topological polar surface area (TPSA) is 104 Å². The average Bonchev–Trinajstić information content (AvgIpc) is 2.32. The number of carbonyl (C=O) groups excluding carboxylic acids is 2. The predicted octanol–water partition coefficient (Wildman–Crippen LogP) is -2.81. The summed E-state index contributed by atoms with van der Waals surface area (Å²) in [6.07, 6.45) is -6.05. The quantitative estimate of drug-likeness (QED) is 0.310. The SMILES string of the molecule is O=CC(O)C1OC(=O)[C@@H](O)[C@@H]1O. The van der Waals surface area contributed by atoms with E-state index in [0.717, 1.165) is 0 Å². The smallest absolute Gasteiger partial charge is 0.338 e. The van der Waals surface area contributed by atoms with Gasteiger partial charge in [0.15, 0.2) is 18.5 Å². The van der Waals surface area contributed by atoms with Crippen LogP contribution in [0.3, 0.4) is 0 Å². The molecule has 6 heteroatoms. The third-order valence-corrected chi connectivity index (χ3v) is 1.63. The molecule has 0 spiro atoms. The summed E-state index contributed by atoms with van der Waals surface area (Å²) in [7, 11) is 0. The molecule has 1 rings (SSSR count). The molecule has 1 aliphatic heterocycles. The van der Waals surface area contributed by atoms with Crippen molar-refractivity contribution in [1.82, 2.24) is 0 Å². The summed E-state index contributed by atoms with van der Waals surface area (Å²) in [4.78, 5) is 20.6. The molecule has 4 atom stereocenters. The molecule has 1 fully saturated rings. The van der Waals surface area contributed by atoms with Gasteiger partial charge in [-0.05, 0) is 0 Å². The number of aliphatic hydroxyl groups excluding tert-OH is 3. The van der Waals surface area contributed by atoms with Crippen molar-refractivity contribution in [1.29, 1.82) is 0 Å². The number of aldehydes is 1. The molecule has 0 bridgehead atoms. The largest absolute Gasteiger partial charge is 0.454 e. The summed E-state index contributed by atoms with van der Waals surface area (Å²) in [5.74, 6) is -1.03. The van der Waals surface area contributed by atoms with E-state index < -0.39 is 30.4 Å². The molecule has 12 heavy (non-hydrogen) atoms. The molecule has 0 aromatic rings. The van der Waals surface area contributed by atoms with Crippen molar-refractivity contribution in [2.24, 2.45) is 0 Å². The number of esters is 1. The van der Waals surface area contributed by atoms with Crippen molar-refractivity contribution in [3.05, 3.63) is 0 Å². The second-order valence-electron chi connectivity index (χ2n) is 2.46. The minimum atomic E-state index is -1.68. The van der Waals surface area contributed by atoms with E-state index in [0.29, 0.717) is 0 Å². The van der Waals surface area contributed by atoms with E-state index in [9.17, 15) is 9.59 Å². The number of cyclic esters (lactones) is 1. The molecular formula is C6H8O6.